The fourth-order valence-corrected chi connectivity index (χ4v) is 11.0. The third kappa shape index (κ3) is 5.32. The van der Waals surface area contributed by atoms with Crippen LogP contribution in [0.15, 0.2) is 212 Å². The summed E-state index contributed by atoms with van der Waals surface area (Å²) < 4.78 is 20.3. The lowest BCUT2D eigenvalue weighted by Gasteiger charge is -2.32. The highest BCUT2D eigenvalue weighted by molar-refractivity contribution is 7.75. The van der Waals surface area contributed by atoms with Gasteiger partial charge in [0.2, 0.25) is 0 Å². The second kappa shape index (κ2) is 13.3. The van der Waals surface area contributed by atoms with Crippen molar-refractivity contribution in [1.82, 2.24) is 0 Å². The molecule has 0 bridgehead atoms. The first-order valence-corrected chi connectivity index (χ1v) is 19.6. The van der Waals surface area contributed by atoms with E-state index in [0.29, 0.717) is 0 Å². The monoisotopic (exact) mass is 700 g/mol. The maximum atomic E-state index is 16.2. The van der Waals surface area contributed by atoms with Gasteiger partial charge >= 0.3 is 7.44 Å². The van der Waals surface area contributed by atoms with Gasteiger partial charge in [-0.15, -0.1) is 0 Å². The maximum Gasteiger partial charge on any atom is 0.301 e. The Morgan fingerprint density at radius 1 is 0.528 bits per heavy atom. The van der Waals surface area contributed by atoms with E-state index < -0.39 is 7.44 Å². The molecule has 1 unspecified atom stereocenters. The van der Waals surface area contributed by atoms with Crippen LogP contribution in [-0.2, 0) is 4.57 Å². The number of fused-ring (bicyclic) bond motifs is 3. The van der Waals surface area contributed by atoms with Gasteiger partial charge in [0.1, 0.15) is 0 Å². The van der Waals surface area contributed by atoms with Gasteiger partial charge in [0.05, 0.1) is 16.7 Å². The minimum absolute atomic E-state index is 0.747. The van der Waals surface area contributed by atoms with E-state index in [1.54, 1.807) is 0 Å². The Morgan fingerprint density at radius 3 is 1.57 bits per heavy atom. The van der Waals surface area contributed by atoms with Gasteiger partial charge in [-0.05, 0) is 110 Å². The molecule has 1 fully saturated rings. The molecule has 53 heavy (non-hydrogen) atoms. The van der Waals surface area contributed by atoms with E-state index in [4.69, 9.17) is 6.58 Å². The van der Waals surface area contributed by atoms with Crippen LogP contribution in [0.2, 0.25) is 0 Å². The zero-order valence-electron chi connectivity index (χ0n) is 29.4. The Hall–Kier alpha value is -6.41. The number of allylic oxidation sites excluding steroid dienone is 3. The number of rotatable bonds is 6. The first kappa shape index (κ1) is 32.5. The second-order valence-electron chi connectivity index (χ2n) is 13.3. The van der Waals surface area contributed by atoms with E-state index in [9.17, 15) is 0 Å². The quantitative estimate of drug-likeness (QED) is 0.127. The summed E-state index contributed by atoms with van der Waals surface area (Å²) in [7, 11) is -3.54. The summed E-state index contributed by atoms with van der Waals surface area (Å²) in [5.41, 5.74) is 7.67. The third-order valence-electron chi connectivity index (χ3n) is 10.2. The molecule has 1 saturated heterocycles. The minimum atomic E-state index is -3.54. The smallest absolute Gasteiger partial charge is 0.270 e. The fourth-order valence-electron chi connectivity index (χ4n) is 7.95. The molecule has 0 aliphatic carbocycles. The Morgan fingerprint density at radius 2 is 1.00 bits per heavy atom. The first-order valence-electron chi connectivity index (χ1n) is 17.9. The van der Waals surface area contributed by atoms with Crippen molar-refractivity contribution in [3.8, 4) is 11.1 Å². The van der Waals surface area contributed by atoms with Crippen LogP contribution in [0, 0.1) is 0 Å². The van der Waals surface area contributed by atoms with Crippen molar-refractivity contribution < 1.29 is 4.57 Å². The number of para-hydroxylation sites is 2. The predicted octanol–water partition coefficient (Wildman–Crippen LogP) is 13.2. The summed E-state index contributed by atoms with van der Waals surface area (Å²) in [6.45, 7) is 6.83. The molecule has 0 amide bonds. The Bertz CT molecular complexity index is 2730. The van der Waals surface area contributed by atoms with Crippen LogP contribution >= 0.6 is 7.44 Å². The zero-order chi connectivity index (χ0) is 35.9. The van der Waals surface area contributed by atoms with E-state index in [1.807, 2.05) is 107 Å². The average Bonchev–Trinajstić information content (AvgIpc) is 3.48. The van der Waals surface area contributed by atoms with Gasteiger partial charge < -0.3 is 0 Å². The molecule has 0 N–H and O–H groups in total. The summed E-state index contributed by atoms with van der Waals surface area (Å²) >= 11 is 0. The predicted molar refractivity (Wildman–Crippen MR) is 227 cm³/mol. The molecule has 8 aromatic rings. The van der Waals surface area contributed by atoms with Gasteiger partial charge in [0.15, 0.2) is 0 Å². The van der Waals surface area contributed by atoms with Gasteiger partial charge in [0.25, 0.3) is 0 Å². The first-order chi connectivity index (χ1) is 26.1. The van der Waals surface area contributed by atoms with E-state index in [-0.39, 0.29) is 0 Å². The van der Waals surface area contributed by atoms with Crippen molar-refractivity contribution in [3.63, 3.8) is 0 Å². The lowest BCUT2D eigenvalue weighted by Crippen LogP contribution is -2.26. The van der Waals surface area contributed by atoms with Gasteiger partial charge in [-0.25, -0.2) is 0 Å². The molecule has 0 spiro atoms. The average molecular weight is 701 g/mol. The van der Waals surface area contributed by atoms with Crippen LogP contribution < -0.4 is 14.6 Å². The Labute approximate surface area is 310 Å². The SMILES string of the molecule is C=C(C=C1/C(=C\C)N(c2ccccc2)P(=O)(c2ccccc2)N1c1ccccc1)c1c2ccccc2c(-c2ccc3ccccc3c2)c2ccccc12. The molecule has 9 rings (SSSR count). The molecule has 0 aromatic heterocycles. The summed E-state index contributed by atoms with van der Waals surface area (Å²) in [5, 5.41) is 7.74. The van der Waals surface area contributed by atoms with Gasteiger partial charge in [-0.2, -0.15) is 0 Å². The number of hydrogen-bond donors (Lipinski definition) is 0. The van der Waals surface area contributed by atoms with Gasteiger partial charge in [0, 0.05) is 11.4 Å². The molecule has 254 valence electrons. The fraction of sp³-hybridized carbons (Fsp3) is 0.0204. The lowest BCUT2D eigenvalue weighted by atomic mass is 9.85. The Kier molecular flexibility index (Phi) is 8.15. The minimum Gasteiger partial charge on any atom is -0.270 e. The summed E-state index contributed by atoms with van der Waals surface area (Å²) in [6.07, 6.45) is 4.22. The van der Waals surface area contributed by atoms with E-state index in [2.05, 4.69) is 103 Å². The van der Waals surface area contributed by atoms with Crippen molar-refractivity contribution in [3.05, 3.63) is 218 Å². The molecule has 0 radical (unpaired) electrons. The highest BCUT2D eigenvalue weighted by Gasteiger charge is 2.50. The largest absolute Gasteiger partial charge is 0.301 e. The molecule has 1 atom stereocenters. The van der Waals surface area contributed by atoms with Crippen LogP contribution in [0.4, 0.5) is 11.4 Å². The summed E-state index contributed by atoms with van der Waals surface area (Å²) in [6, 6.07) is 62.6. The van der Waals surface area contributed by atoms with Crippen LogP contribution in [0.1, 0.15) is 12.5 Å². The number of benzene rings is 8. The van der Waals surface area contributed by atoms with E-state index >= 15 is 4.57 Å². The number of hydrogen-bond acceptors (Lipinski definition) is 1. The van der Waals surface area contributed by atoms with Gasteiger partial charge in [-0.1, -0.05) is 152 Å². The molecule has 1 heterocycles. The van der Waals surface area contributed by atoms with E-state index in [1.165, 1.54) is 21.9 Å². The molecular formula is C49H37N2OP. The zero-order valence-corrected chi connectivity index (χ0v) is 30.3. The molecule has 8 aromatic carbocycles. The lowest BCUT2D eigenvalue weighted by molar-refractivity contribution is 0.582. The van der Waals surface area contributed by atoms with E-state index in [0.717, 1.165) is 60.8 Å². The number of anilines is 2. The molecule has 3 nitrogen and oxygen atoms in total. The standard InChI is InChI=1S/C49H37N2OP/c1-3-46-47(51(40-23-9-5-10-24-40)53(52,41-25-11-6-12-26-41)50(46)39-21-7-4-8-22-39)33-35(2)48-42-27-15-17-29-44(42)49(45-30-18-16-28-43(45)48)38-32-31-36-19-13-14-20-37(36)34-38/h3-34H,2H2,1H3/b46-3+,47-33?. The normalized spacial score (nSPS) is 17.4. The van der Waals surface area contributed by atoms with Crippen LogP contribution in [0.3, 0.4) is 0 Å². The molecular weight excluding hydrogens is 664 g/mol. The highest BCUT2D eigenvalue weighted by Crippen LogP contribution is 2.66. The topological polar surface area (TPSA) is 23.6 Å². The summed E-state index contributed by atoms with van der Waals surface area (Å²) in [4.78, 5) is 0. The molecule has 4 heteroatoms. The molecule has 1 aliphatic heterocycles. The molecule has 0 saturated carbocycles. The van der Waals surface area contributed by atoms with Crippen molar-refractivity contribution >= 4 is 62.0 Å². The number of nitrogens with zero attached hydrogens (tertiary/aromatic N) is 2. The van der Waals surface area contributed by atoms with Crippen LogP contribution in [0.25, 0.3) is 49.0 Å². The summed E-state index contributed by atoms with van der Waals surface area (Å²) in [5.74, 6) is 0. The van der Waals surface area contributed by atoms with Crippen LogP contribution in [-0.4, -0.2) is 0 Å². The third-order valence-corrected chi connectivity index (χ3v) is 13.2. The highest BCUT2D eigenvalue weighted by atomic mass is 31.2. The van der Waals surface area contributed by atoms with Crippen molar-refractivity contribution in [1.29, 1.82) is 0 Å². The van der Waals surface area contributed by atoms with Crippen LogP contribution in [0.5, 0.6) is 0 Å². The van der Waals surface area contributed by atoms with Crippen molar-refractivity contribution in [2.75, 3.05) is 9.34 Å². The van der Waals surface area contributed by atoms with Crippen molar-refractivity contribution in [2.45, 2.75) is 6.92 Å². The van der Waals surface area contributed by atoms with Crippen molar-refractivity contribution in [2.24, 2.45) is 0 Å². The van der Waals surface area contributed by atoms with Gasteiger partial charge in [-0.3, -0.25) is 13.9 Å². The Balaban J connectivity index is 1.31. The second-order valence-corrected chi connectivity index (χ2v) is 15.7. The maximum absolute atomic E-state index is 16.2. The molecule has 1 aliphatic rings.